The Balaban J connectivity index is 1.74. The van der Waals surface area contributed by atoms with Gasteiger partial charge in [-0.05, 0) is 31.9 Å². The molecule has 0 amide bonds. The molecule has 1 N–H and O–H groups in total. The van der Waals surface area contributed by atoms with Crippen LogP contribution in [0.1, 0.15) is 31.9 Å². The highest BCUT2D eigenvalue weighted by Crippen LogP contribution is 2.19. The zero-order chi connectivity index (χ0) is 9.10. The van der Waals surface area contributed by atoms with E-state index >= 15 is 0 Å². The van der Waals surface area contributed by atoms with Crippen molar-refractivity contribution < 1.29 is 4.42 Å². The van der Waals surface area contributed by atoms with Crippen LogP contribution in [-0.4, -0.2) is 12.1 Å². The molecule has 0 aromatic carbocycles. The van der Waals surface area contributed by atoms with Gasteiger partial charge in [-0.3, -0.25) is 0 Å². The SMILES string of the molecule is CC(Cc1ccco1)NC1CCC1. The number of hydrogen-bond donors (Lipinski definition) is 1. The normalized spacial score (nSPS) is 19.8. The molecular weight excluding hydrogens is 162 g/mol. The van der Waals surface area contributed by atoms with Gasteiger partial charge in [0.15, 0.2) is 0 Å². The summed E-state index contributed by atoms with van der Waals surface area (Å²) in [6.07, 6.45) is 6.84. The molecular formula is C11H17NO. The maximum Gasteiger partial charge on any atom is 0.105 e. The minimum atomic E-state index is 0.538. The highest BCUT2D eigenvalue weighted by Gasteiger charge is 2.19. The lowest BCUT2D eigenvalue weighted by Crippen LogP contribution is -2.41. The topological polar surface area (TPSA) is 25.2 Å². The molecule has 0 radical (unpaired) electrons. The first-order valence-corrected chi connectivity index (χ1v) is 5.13. The lowest BCUT2D eigenvalue weighted by molar-refractivity contribution is 0.304. The highest BCUT2D eigenvalue weighted by molar-refractivity contribution is 5.00. The largest absolute Gasteiger partial charge is 0.469 e. The van der Waals surface area contributed by atoms with Gasteiger partial charge in [-0.15, -0.1) is 0 Å². The fourth-order valence-corrected chi connectivity index (χ4v) is 1.77. The Morgan fingerprint density at radius 3 is 3.00 bits per heavy atom. The number of furan rings is 1. The van der Waals surface area contributed by atoms with E-state index < -0.39 is 0 Å². The fourth-order valence-electron chi connectivity index (χ4n) is 1.77. The molecule has 0 aliphatic heterocycles. The van der Waals surface area contributed by atoms with E-state index in [1.807, 2.05) is 12.1 Å². The Morgan fingerprint density at radius 2 is 2.46 bits per heavy atom. The summed E-state index contributed by atoms with van der Waals surface area (Å²) in [7, 11) is 0. The van der Waals surface area contributed by atoms with Gasteiger partial charge in [-0.25, -0.2) is 0 Å². The first-order valence-electron chi connectivity index (χ1n) is 5.13. The second-order valence-electron chi connectivity index (χ2n) is 3.98. The molecule has 1 saturated carbocycles. The first-order chi connectivity index (χ1) is 6.34. The predicted octanol–water partition coefficient (Wildman–Crippen LogP) is 2.35. The zero-order valence-corrected chi connectivity index (χ0v) is 8.12. The second kappa shape index (κ2) is 3.97. The van der Waals surface area contributed by atoms with Crippen LogP contribution in [0.5, 0.6) is 0 Å². The van der Waals surface area contributed by atoms with Crippen LogP contribution in [-0.2, 0) is 6.42 Å². The van der Waals surface area contributed by atoms with E-state index in [0.29, 0.717) is 6.04 Å². The molecule has 2 nitrogen and oxygen atoms in total. The van der Waals surface area contributed by atoms with Crippen molar-refractivity contribution in [2.75, 3.05) is 0 Å². The van der Waals surface area contributed by atoms with Crippen molar-refractivity contribution in [3.63, 3.8) is 0 Å². The molecule has 1 aromatic heterocycles. The monoisotopic (exact) mass is 179 g/mol. The van der Waals surface area contributed by atoms with Crippen molar-refractivity contribution in [3.8, 4) is 0 Å². The van der Waals surface area contributed by atoms with Gasteiger partial charge in [-0.2, -0.15) is 0 Å². The van der Waals surface area contributed by atoms with Crippen LogP contribution in [0.4, 0.5) is 0 Å². The third-order valence-electron chi connectivity index (χ3n) is 2.71. The summed E-state index contributed by atoms with van der Waals surface area (Å²) < 4.78 is 5.30. The summed E-state index contributed by atoms with van der Waals surface area (Å²) in [6, 6.07) is 5.30. The summed E-state index contributed by atoms with van der Waals surface area (Å²) in [5.74, 6) is 1.08. The van der Waals surface area contributed by atoms with Crippen LogP contribution in [0.25, 0.3) is 0 Å². The first kappa shape index (κ1) is 8.82. The van der Waals surface area contributed by atoms with Crippen molar-refractivity contribution in [2.24, 2.45) is 0 Å². The van der Waals surface area contributed by atoms with Crippen LogP contribution >= 0.6 is 0 Å². The van der Waals surface area contributed by atoms with Crippen molar-refractivity contribution >= 4 is 0 Å². The standard InChI is InChI=1S/C11H17NO/c1-9(12-10-4-2-5-10)8-11-6-3-7-13-11/h3,6-7,9-10,12H,2,4-5,8H2,1H3. The van der Waals surface area contributed by atoms with Crippen molar-refractivity contribution in [1.29, 1.82) is 0 Å². The molecule has 13 heavy (non-hydrogen) atoms. The van der Waals surface area contributed by atoms with E-state index in [-0.39, 0.29) is 0 Å². The lowest BCUT2D eigenvalue weighted by Gasteiger charge is -2.29. The third kappa shape index (κ3) is 2.34. The Morgan fingerprint density at radius 1 is 1.62 bits per heavy atom. The Kier molecular flexibility index (Phi) is 2.69. The molecule has 1 heterocycles. The molecule has 1 fully saturated rings. The Labute approximate surface area is 79.3 Å². The van der Waals surface area contributed by atoms with Gasteiger partial charge in [-0.1, -0.05) is 6.42 Å². The van der Waals surface area contributed by atoms with Crippen LogP contribution in [0, 0.1) is 0 Å². The quantitative estimate of drug-likeness (QED) is 0.767. The lowest BCUT2D eigenvalue weighted by atomic mass is 9.92. The molecule has 1 atom stereocenters. The van der Waals surface area contributed by atoms with Gasteiger partial charge in [0.1, 0.15) is 5.76 Å². The van der Waals surface area contributed by atoms with Crippen LogP contribution in [0.2, 0.25) is 0 Å². The van der Waals surface area contributed by atoms with E-state index in [0.717, 1.165) is 18.2 Å². The van der Waals surface area contributed by atoms with E-state index in [1.165, 1.54) is 19.3 Å². The van der Waals surface area contributed by atoms with Crippen LogP contribution in [0.3, 0.4) is 0 Å². The number of hydrogen-bond acceptors (Lipinski definition) is 2. The molecule has 72 valence electrons. The molecule has 2 rings (SSSR count). The average molecular weight is 179 g/mol. The van der Waals surface area contributed by atoms with Gasteiger partial charge in [0.2, 0.25) is 0 Å². The van der Waals surface area contributed by atoms with Crippen LogP contribution < -0.4 is 5.32 Å². The second-order valence-corrected chi connectivity index (χ2v) is 3.98. The third-order valence-corrected chi connectivity index (χ3v) is 2.71. The van der Waals surface area contributed by atoms with E-state index in [9.17, 15) is 0 Å². The Hall–Kier alpha value is -0.760. The molecule has 1 aliphatic rings. The van der Waals surface area contributed by atoms with Gasteiger partial charge >= 0.3 is 0 Å². The molecule has 1 aliphatic carbocycles. The van der Waals surface area contributed by atoms with Gasteiger partial charge in [0.25, 0.3) is 0 Å². The molecule has 0 bridgehead atoms. The predicted molar refractivity (Wildman–Crippen MR) is 52.6 cm³/mol. The van der Waals surface area contributed by atoms with Crippen molar-refractivity contribution in [1.82, 2.24) is 5.32 Å². The fraction of sp³-hybridized carbons (Fsp3) is 0.636. The van der Waals surface area contributed by atoms with E-state index in [4.69, 9.17) is 4.42 Å². The molecule has 0 spiro atoms. The summed E-state index contributed by atoms with van der Waals surface area (Å²) in [5, 5.41) is 3.59. The molecule has 0 saturated heterocycles. The number of nitrogens with one attached hydrogen (secondary N) is 1. The van der Waals surface area contributed by atoms with Crippen molar-refractivity contribution in [2.45, 2.75) is 44.7 Å². The van der Waals surface area contributed by atoms with E-state index in [2.05, 4.69) is 12.2 Å². The summed E-state index contributed by atoms with van der Waals surface area (Å²) in [4.78, 5) is 0. The maximum absolute atomic E-state index is 5.30. The molecule has 2 heteroatoms. The number of rotatable bonds is 4. The van der Waals surface area contributed by atoms with Crippen molar-refractivity contribution in [3.05, 3.63) is 24.2 Å². The summed E-state index contributed by atoms with van der Waals surface area (Å²) in [6.45, 7) is 2.22. The average Bonchev–Trinajstić information content (AvgIpc) is 2.49. The smallest absolute Gasteiger partial charge is 0.105 e. The minimum absolute atomic E-state index is 0.538. The molecule has 1 unspecified atom stereocenters. The summed E-state index contributed by atoms with van der Waals surface area (Å²) in [5.41, 5.74) is 0. The minimum Gasteiger partial charge on any atom is -0.469 e. The zero-order valence-electron chi connectivity index (χ0n) is 8.12. The highest BCUT2D eigenvalue weighted by atomic mass is 16.3. The van der Waals surface area contributed by atoms with Gasteiger partial charge in [0, 0.05) is 18.5 Å². The van der Waals surface area contributed by atoms with E-state index in [1.54, 1.807) is 6.26 Å². The Bertz CT molecular complexity index is 239. The van der Waals surface area contributed by atoms with Gasteiger partial charge < -0.3 is 9.73 Å². The van der Waals surface area contributed by atoms with Gasteiger partial charge in [0.05, 0.1) is 6.26 Å². The summed E-state index contributed by atoms with van der Waals surface area (Å²) >= 11 is 0. The molecule has 1 aromatic rings. The van der Waals surface area contributed by atoms with Crippen LogP contribution in [0.15, 0.2) is 22.8 Å². The maximum atomic E-state index is 5.30.